The SMILES string of the molecule is Cc1ccc2nc3c(cc2c1)CC1(C(=O)N(C)C(=O)N(C)C1=O)[C@@H]1COCCN31. The number of ether oxygens (including phenoxy) is 1. The second-order valence-electron chi connectivity index (χ2n) is 8.11. The van der Waals surface area contributed by atoms with Gasteiger partial charge in [-0.1, -0.05) is 11.6 Å². The van der Waals surface area contributed by atoms with Crippen LogP contribution in [0.2, 0.25) is 0 Å². The molecule has 0 N–H and O–H groups in total. The largest absolute Gasteiger partial charge is 0.377 e. The number of pyridine rings is 1. The summed E-state index contributed by atoms with van der Waals surface area (Å²) in [7, 11) is 2.86. The first-order valence-electron chi connectivity index (χ1n) is 9.69. The minimum Gasteiger partial charge on any atom is -0.377 e. The topological polar surface area (TPSA) is 83.1 Å². The number of barbiturate groups is 1. The van der Waals surface area contributed by atoms with E-state index in [4.69, 9.17) is 9.72 Å². The van der Waals surface area contributed by atoms with Crippen molar-refractivity contribution in [3.05, 3.63) is 35.4 Å². The predicted octanol–water partition coefficient (Wildman–Crippen LogP) is 1.34. The number of amides is 4. The van der Waals surface area contributed by atoms with Crippen molar-refractivity contribution in [3.63, 3.8) is 0 Å². The standard InChI is InChI=1S/C21H22N4O4/c1-12-4-5-15-13(8-12)9-14-10-21(16-11-29-7-6-25(16)17(14)22-15)18(26)23(2)20(28)24(3)19(21)27/h4-5,8-9,16H,6-7,10-11H2,1-3H3/t16-/m0/s1. The van der Waals surface area contributed by atoms with Crippen LogP contribution in [-0.2, 0) is 20.7 Å². The Morgan fingerprint density at radius 2 is 1.83 bits per heavy atom. The van der Waals surface area contributed by atoms with Crippen molar-refractivity contribution in [1.82, 2.24) is 14.8 Å². The van der Waals surface area contributed by atoms with Crippen molar-refractivity contribution in [2.75, 3.05) is 38.8 Å². The Hall–Kier alpha value is -3.00. The number of imide groups is 2. The third-order valence-electron chi connectivity index (χ3n) is 6.41. The lowest BCUT2D eigenvalue weighted by Gasteiger charge is -2.53. The molecule has 0 saturated carbocycles. The molecule has 3 aliphatic heterocycles. The minimum absolute atomic E-state index is 0.198. The highest BCUT2D eigenvalue weighted by atomic mass is 16.5. The van der Waals surface area contributed by atoms with Gasteiger partial charge in [-0.2, -0.15) is 0 Å². The van der Waals surface area contributed by atoms with Gasteiger partial charge in [-0.25, -0.2) is 9.78 Å². The van der Waals surface area contributed by atoms with Crippen LogP contribution in [0.5, 0.6) is 0 Å². The molecule has 1 atom stereocenters. The molecule has 150 valence electrons. The van der Waals surface area contributed by atoms with Gasteiger partial charge in [0.15, 0.2) is 5.41 Å². The first-order valence-corrected chi connectivity index (χ1v) is 9.69. The van der Waals surface area contributed by atoms with Crippen molar-refractivity contribution in [3.8, 4) is 0 Å². The summed E-state index contributed by atoms with van der Waals surface area (Å²) >= 11 is 0. The highest BCUT2D eigenvalue weighted by Crippen LogP contribution is 2.46. The van der Waals surface area contributed by atoms with Crippen LogP contribution >= 0.6 is 0 Å². The van der Waals surface area contributed by atoms with E-state index in [1.54, 1.807) is 0 Å². The van der Waals surface area contributed by atoms with E-state index in [0.29, 0.717) is 13.2 Å². The van der Waals surface area contributed by atoms with Crippen LogP contribution in [-0.4, -0.2) is 72.5 Å². The summed E-state index contributed by atoms with van der Waals surface area (Å²) < 4.78 is 5.68. The Bertz CT molecular complexity index is 1060. The predicted molar refractivity (Wildman–Crippen MR) is 106 cm³/mol. The van der Waals surface area contributed by atoms with E-state index >= 15 is 0 Å². The lowest BCUT2D eigenvalue weighted by molar-refractivity contribution is -0.161. The Morgan fingerprint density at radius 1 is 1.10 bits per heavy atom. The van der Waals surface area contributed by atoms with Crippen LogP contribution in [0.1, 0.15) is 11.1 Å². The van der Waals surface area contributed by atoms with Gasteiger partial charge in [0.1, 0.15) is 5.82 Å². The zero-order valence-corrected chi connectivity index (χ0v) is 16.6. The number of hydrogen-bond donors (Lipinski definition) is 0. The number of fused-ring (bicyclic) bond motifs is 5. The Kier molecular flexibility index (Phi) is 3.73. The summed E-state index contributed by atoms with van der Waals surface area (Å²) in [6.07, 6.45) is 0.198. The molecule has 4 heterocycles. The summed E-state index contributed by atoms with van der Waals surface area (Å²) in [5.41, 5.74) is 1.44. The monoisotopic (exact) mass is 394 g/mol. The number of rotatable bonds is 0. The van der Waals surface area contributed by atoms with Gasteiger partial charge < -0.3 is 9.64 Å². The molecular weight excluding hydrogens is 372 g/mol. The number of aromatic nitrogens is 1. The van der Waals surface area contributed by atoms with E-state index in [1.165, 1.54) is 14.1 Å². The fourth-order valence-electron chi connectivity index (χ4n) is 4.92. The van der Waals surface area contributed by atoms with Gasteiger partial charge in [0, 0.05) is 32.4 Å². The molecule has 1 aromatic carbocycles. The number of anilines is 1. The van der Waals surface area contributed by atoms with E-state index in [1.807, 2.05) is 36.1 Å². The Labute approximate surface area is 168 Å². The fourth-order valence-corrected chi connectivity index (χ4v) is 4.92. The Morgan fingerprint density at radius 3 is 2.55 bits per heavy atom. The zero-order chi connectivity index (χ0) is 20.5. The van der Waals surface area contributed by atoms with Crippen LogP contribution in [0.15, 0.2) is 24.3 Å². The first-order chi connectivity index (χ1) is 13.8. The summed E-state index contributed by atoms with van der Waals surface area (Å²) in [6, 6.07) is 6.97. The van der Waals surface area contributed by atoms with Gasteiger partial charge >= 0.3 is 6.03 Å². The van der Waals surface area contributed by atoms with E-state index < -0.39 is 29.3 Å². The quantitative estimate of drug-likeness (QED) is 0.627. The molecule has 29 heavy (non-hydrogen) atoms. The fraction of sp³-hybridized carbons (Fsp3) is 0.429. The van der Waals surface area contributed by atoms with Crippen molar-refractivity contribution in [2.24, 2.45) is 5.41 Å². The highest BCUT2D eigenvalue weighted by Gasteiger charge is 2.63. The molecule has 8 heteroatoms. The highest BCUT2D eigenvalue weighted by molar-refractivity contribution is 6.20. The number of nitrogens with zero attached hydrogens (tertiary/aromatic N) is 4. The molecule has 5 rings (SSSR count). The maximum Gasteiger partial charge on any atom is 0.332 e. The number of urea groups is 1. The minimum atomic E-state index is -1.40. The van der Waals surface area contributed by atoms with Gasteiger partial charge in [0.05, 0.1) is 24.8 Å². The second-order valence-corrected chi connectivity index (χ2v) is 8.11. The molecule has 2 fully saturated rings. The second kappa shape index (κ2) is 6.00. The Balaban J connectivity index is 1.74. The molecule has 0 bridgehead atoms. The molecule has 1 spiro atoms. The van der Waals surface area contributed by atoms with Crippen LogP contribution in [0.25, 0.3) is 10.9 Å². The smallest absolute Gasteiger partial charge is 0.332 e. The molecule has 4 amide bonds. The van der Waals surface area contributed by atoms with Crippen molar-refractivity contribution >= 4 is 34.6 Å². The number of morpholine rings is 1. The van der Waals surface area contributed by atoms with Crippen LogP contribution < -0.4 is 4.90 Å². The molecule has 3 aliphatic rings. The van der Waals surface area contributed by atoms with Crippen molar-refractivity contribution in [1.29, 1.82) is 0 Å². The van der Waals surface area contributed by atoms with E-state index in [0.717, 1.165) is 37.6 Å². The third-order valence-corrected chi connectivity index (χ3v) is 6.41. The van der Waals surface area contributed by atoms with Crippen LogP contribution in [0, 0.1) is 12.3 Å². The number of carbonyl (C=O) groups is 3. The molecule has 0 aliphatic carbocycles. The summed E-state index contributed by atoms with van der Waals surface area (Å²) in [4.78, 5) is 48.2. The van der Waals surface area contributed by atoms with E-state index in [2.05, 4.69) is 0 Å². The van der Waals surface area contributed by atoms with Gasteiger partial charge in [0.2, 0.25) is 11.8 Å². The van der Waals surface area contributed by atoms with Gasteiger partial charge in [-0.15, -0.1) is 0 Å². The molecule has 2 saturated heterocycles. The number of aryl methyl sites for hydroxylation is 1. The normalized spacial score (nSPS) is 23.6. The average Bonchev–Trinajstić information content (AvgIpc) is 2.73. The number of hydrogen-bond acceptors (Lipinski definition) is 6. The third kappa shape index (κ3) is 2.29. The lowest BCUT2D eigenvalue weighted by Crippen LogP contribution is -2.73. The van der Waals surface area contributed by atoms with Crippen molar-refractivity contribution < 1.29 is 19.1 Å². The van der Waals surface area contributed by atoms with Gasteiger partial charge in [-0.05, 0) is 30.7 Å². The first kappa shape index (κ1) is 18.1. The molecule has 8 nitrogen and oxygen atoms in total. The molecular formula is C21H22N4O4. The maximum absolute atomic E-state index is 13.4. The zero-order valence-electron chi connectivity index (χ0n) is 16.6. The van der Waals surface area contributed by atoms with Crippen molar-refractivity contribution in [2.45, 2.75) is 19.4 Å². The summed E-state index contributed by atoms with van der Waals surface area (Å²) in [5.74, 6) is -0.148. The van der Waals surface area contributed by atoms with Crippen LogP contribution in [0.3, 0.4) is 0 Å². The van der Waals surface area contributed by atoms with E-state index in [9.17, 15) is 14.4 Å². The number of benzene rings is 1. The van der Waals surface area contributed by atoms with Gasteiger partial charge in [-0.3, -0.25) is 19.4 Å². The lowest BCUT2D eigenvalue weighted by atomic mass is 9.68. The maximum atomic E-state index is 13.4. The van der Waals surface area contributed by atoms with Gasteiger partial charge in [0.25, 0.3) is 0 Å². The molecule has 0 unspecified atom stereocenters. The number of carbonyl (C=O) groups excluding carboxylic acids is 3. The summed E-state index contributed by atoms with van der Waals surface area (Å²) in [5, 5.41) is 0.971. The average molecular weight is 394 g/mol. The molecule has 2 aromatic rings. The summed E-state index contributed by atoms with van der Waals surface area (Å²) in [6.45, 7) is 3.28. The molecule has 1 aromatic heterocycles. The van der Waals surface area contributed by atoms with Crippen LogP contribution in [0.4, 0.5) is 10.6 Å². The van der Waals surface area contributed by atoms with E-state index in [-0.39, 0.29) is 13.0 Å². The molecule has 0 radical (unpaired) electrons.